The Kier molecular flexibility index (Phi) is 3.43. The number of aromatic nitrogens is 1. The zero-order valence-corrected chi connectivity index (χ0v) is 11.5. The highest BCUT2D eigenvalue weighted by molar-refractivity contribution is 5.80. The van der Waals surface area contributed by atoms with Gasteiger partial charge >= 0.3 is 0 Å². The number of carbonyl (C=O) groups is 1. The van der Waals surface area contributed by atoms with E-state index in [-0.39, 0.29) is 17.5 Å². The molecule has 1 aliphatic heterocycles. The fraction of sp³-hybridized carbons (Fsp3) is 0.692. The van der Waals surface area contributed by atoms with Crippen LogP contribution in [0.4, 0.5) is 0 Å². The number of hydrogen-bond acceptors (Lipinski definition) is 4. The molecule has 0 bridgehead atoms. The Morgan fingerprint density at radius 1 is 1.50 bits per heavy atom. The van der Waals surface area contributed by atoms with Crippen molar-refractivity contribution in [1.82, 2.24) is 15.0 Å². The van der Waals surface area contributed by atoms with Gasteiger partial charge in [0.25, 0.3) is 0 Å². The normalized spacial score (nSPS) is 20.7. The topological polar surface area (TPSA) is 49.6 Å². The SMILES string of the molecule is CC(C)N1C(=O)CN(Cc2ccno2)CC1(C)C. The van der Waals surface area contributed by atoms with Crippen molar-refractivity contribution >= 4 is 5.91 Å². The fourth-order valence-corrected chi connectivity index (χ4v) is 2.93. The molecule has 1 aliphatic rings. The van der Waals surface area contributed by atoms with E-state index in [0.29, 0.717) is 13.1 Å². The maximum atomic E-state index is 12.2. The maximum absolute atomic E-state index is 12.2. The van der Waals surface area contributed by atoms with Crippen molar-refractivity contribution in [2.24, 2.45) is 0 Å². The summed E-state index contributed by atoms with van der Waals surface area (Å²) in [6.07, 6.45) is 1.63. The van der Waals surface area contributed by atoms with Crippen LogP contribution >= 0.6 is 0 Å². The third kappa shape index (κ3) is 2.56. The molecule has 2 rings (SSSR count). The minimum atomic E-state index is -0.149. The molecule has 100 valence electrons. The van der Waals surface area contributed by atoms with Crippen LogP contribution in [0.2, 0.25) is 0 Å². The lowest BCUT2D eigenvalue weighted by Crippen LogP contribution is -2.63. The number of piperazine rings is 1. The third-order valence-electron chi connectivity index (χ3n) is 3.28. The maximum Gasteiger partial charge on any atom is 0.237 e. The predicted molar refractivity (Wildman–Crippen MR) is 67.8 cm³/mol. The molecule has 1 fully saturated rings. The van der Waals surface area contributed by atoms with Crippen molar-refractivity contribution < 1.29 is 9.32 Å². The first kappa shape index (κ1) is 13.1. The Balaban J connectivity index is 2.09. The van der Waals surface area contributed by atoms with Crippen LogP contribution in [-0.2, 0) is 11.3 Å². The molecule has 0 atom stereocenters. The van der Waals surface area contributed by atoms with Gasteiger partial charge in [-0.3, -0.25) is 9.69 Å². The van der Waals surface area contributed by atoms with Crippen LogP contribution in [0.5, 0.6) is 0 Å². The van der Waals surface area contributed by atoms with Gasteiger partial charge in [0.15, 0.2) is 5.76 Å². The van der Waals surface area contributed by atoms with E-state index in [4.69, 9.17) is 4.52 Å². The van der Waals surface area contributed by atoms with Crippen LogP contribution in [0, 0.1) is 0 Å². The van der Waals surface area contributed by atoms with Gasteiger partial charge in [-0.15, -0.1) is 0 Å². The molecule has 0 aliphatic carbocycles. The largest absolute Gasteiger partial charge is 0.360 e. The Morgan fingerprint density at radius 3 is 2.72 bits per heavy atom. The quantitative estimate of drug-likeness (QED) is 0.817. The highest BCUT2D eigenvalue weighted by Gasteiger charge is 2.39. The Labute approximate surface area is 108 Å². The first-order valence-electron chi connectivity index (χ1n) is 6.34. The van der Waals surface area contributed by atoms with Crippen LogP contribution in [0.15, 0.2) is 16.8 Å². The van der Waals surface area contributed by atoms with Gasteiger partial charge in [0.1, 0.15) is 0 Å². The van der Waals surface area contributed by atoms with Gasteiger partial charge in [0.05, 0.1) is 24.8 Å². The Hall–Kier alpha value is -1.36. The molecule has 5 nitrogen and oxygen atoms in total. The molecule has 2 heterocycles. The van der Waals surface area contributed by atoms with Crippen molar-refractivity contribution in [2.75, 3.05) is 13.1 Å². The van der Waals surface area contributed by atoms with E-state index >= 15 is 0 Å². The average Bonchev–Trinajstić information content (AvgIpc) is 2.66. The second-order valence-corrected chi connectivity index (χ2v) is 5.79. The molecule has 0 aromatic carbocycles. The second kappa shape index (κ2) is 4.72. The van der Waals surface area contributed by atoms with Crippen molar-refractivity contribution in [3.05, 3.63) is 18.0 Å². The molecule has 0 spiro atoms. The number of rotatable bonds is 3. The van der Waals surface area contributed by atoms with E-state index in [1.165, 1.54) is 0 Å². The molecular weight excluding hydrogens is 230 g/mol. The summed E-state index contributed by atoms with van der Waals surface area (Å²) >= 11 is 0. The fourth-order valence-electron chi connectivity index (χ4n) is 2.93. The monoisotopic (exact) mass is 251 g/mol. The van der Waals surface area contributed by atoms with Crippen LogP contribution in [0.25, 0.3) is 0 Å². The molecule has 1 aromatic heterocycles. The van der Waals surface area contributed by atoms with Gasteiger partial charge in [-0.25, -0.2) is 0 Å². The Morgan fingerprint density at radius 2 is 2.22 bits per heavy atom. The van der Waals surface area contributed by atoms with E-state index in [0.717, 1.165) is 12.3 Å². The summed E-state index contributed by atoms with van der Waals surface area (Å²) in [5, 5.41) is 3.69. The average molecular weight is 251 g/mol. The van der Waals surface area contributed by atoms with Crippen LogP contribution in [0.1, 0.15) is 33.5 Å². The van der Waals surface area contributed by atoms with E-state index in [1.807, 2.05) is 11.0 Å². The van der Waals surface area contributed by atoms with Gasteiger partial charge in [-0.1, -0.05) is 5.16 Å². The zero-order chi connectivity index (χ0) is 13.3. The molecule has 0 radical (unpaired) electrons. The lowest BCUT2D eigenvalue weighted by molar-refractivity contribution is -0.148. The van der Waals surface area contributed by atoms with E-state index in [9.17, 15) is 4.79 Å². The molecule has 1 saturated heterocycles. The number of nitrogens with zero attached hydrogens (tertiary/aromatic N) is 3. The lowest BCUT2D eigenvalue weighted by Gasteiger charge is -2.48. The first-order chi connectivity index (χ1) is 8.40. The summed E-state index contributed by atoms with van der Waals surface area (Å²) in [5.41, 5.74) is -0.149. The molecule has 0 unspecified atom stereocenters. The molecule has 0 N–H and O–H groups in total. The molecule has 1 amide bonds. The highest BCUT2D eigenvalue weighted by Crippen LogP contribution is 2.25. The van der Waals surface area contributed by atoms with Crippen LogP contribution in [-0.4, -0.2) is 45.5 Å². The molecular formula is C13H21N3O2. The van der Waals surface area contributed by atoms with E-state index < -0.39 is 0 Å². The second-order valence-electron chi connectivity index (χ2n) is 5.79. The molecule has 0 saturated carbocycles. The summed E-state index contributed by atoms with van der Waals surface area (Å²) in [6.45, 7) is 10.3. The van der Waals surface area contributed by atoms with Gasteiger partial charge < -0.3 is 9.42 Å². The molecule has 18 heavy (non-hydrogen) atoms. The summed E-state index contributed by atoms with van der Waals surface area (Å²) < 4.78 is 5.10. The minimum Gasteiger partial charge on any atom is -0.360 e. The number of amides is 1. The summed E-state index contributed by atoms with van der Waals surface area (Å²) in [6, 6.07) is 2.08. The smallest absolute Gasteiger partial charge is 0.237 e. The van der Waals surface area contributed by atoms with Crippen molar-refractivity contribution in [2.45, 2.75) is 45.8 Å². The van der Waals surface area contributed by atoms with Gasteiger partial charge in [0.2, 0.25) is 5.91 Å². The predicted octanol–water partition coefficient (Wildman–Crippen LogP) is 1.51. The third-order valence-corrected chi connectivity index (χ3v) is 3.28. The number of carbonyl (C=O) groups excluding carboxylic acids is 1. The Bertz CT molecular complexity index is 412. The first-order valence-corrected chi connectivity index (χ1v) is 6.34. The minimum absolute atomic E-state index is 0.149. The standard InChI is InChI=1S/C13H21N3O2/c1-10(2)16-12(17)8-15(9-13(16,3)4)7-11-5-6-14-18-11/h5-6,10H,7-9H2,1-4H3. The molecule has 1 aromatic rings. The molecule has 5 heteroatoms. The van der Waals surface area contributed by atoms with Crippen LogP contribution in [0.3, 0.4) is 0 Å². The van der Waals surface area contributed by atoms with Gasteiger partial charge in [-0.05, 0) is 27.7 Å². The lowest BCUT2D eigenvalue weighted by atomic mass is 9.96. The van der Waals surface area contributed by atoms with Gasteiger partial charge in [-0.2, -0.15) is 0 Å². The van der Waals surface area contributed by atoms with E-state index in [2.05, 4.69) is 37.8 Å². The van der Waals surface area contributed by atoms with Crippen molar-refractivity contribution in [3.8, 4) is 0 Å². The van der Waals surface area contributed by atoms with Crippen LogP contribution < -0.4 is 0 Å². The van der Waals surface area contributed by atoms with E-state index in [1.54, 1.807) is 6.20 Å². The summed E-state index contributed by atoms with van der Waals surface area (Å²) in [4.78, 5) is 16.3. The summed E-state index contributed by atoms with van der Waals surface area (Å²) in [5.74, 6) is 0.984. The summed E-state index contributed by atoms with van der Waals surface area (Å²) in [7, 11) is 0. The zero-order valence-electron chi connectivity index (χ0n) is 11.5. The van der Waals surface area contributed by atoms with Crippen molar-refractivity contribution in [3.63, 3.8) is 0 Å². The van der Waals surface area contributed by atoms with Crippen molar-refractivity contribution in [1.29, 1.82) is 0 Å². The number of hydrogen-bond donors (Lipinski definition) is 0. The van der Waals surface area contributed by atoms with Gasteiger partial charge in [0, 0.05) is 18.7 Å². The highest BCUT2D eigenvalue weighted by atomic mass is 16.5.